The van der Waals surface area contributed by atoms with Gasteiger partial charge in [0.05, 0.1) is 29.2 Å². The highest BCUT2D eigenvalue weighted by atomic mass is 79.9. The third-order valence-electron chi connectivity index (χ3n) is 3.51. The van der Waals surface area contributed by atoms with Crippen LogP contribution >= 0.6 is 15.9 Å². The summed E-state index contributed by atoms with van der Waals surface area (Å²) in [6.45, 7) is 0.678. The Hall–Kier alpha value is -2.94. The molecule has 0 aliphatic rings. The standard InChI is InChI=1S/C17H17BrN6O2/c1-26-16(25)11-3-2-4-12(7-11)23-17-21-9-14(18)15(24-17)20-6-5-13-8-19-10-22-13/h2-4,7-10H,5-6H2,1H3,(H,19,22)(H2,20,21,23,24). The molecule has 1 aromatic carbocycles. The molecule has 0 bridgehead atoms. The Kier molecular flexibility index (Phi) is 5.80. The lowest BCUT2D eigenvalue weighted by molar-refractivity contribution is 0.0601. The number of imidazole rings is 1. The van der Waals surface area contributed by atoms with E-state index in [4.69, 9.17) is 4.74 Å². The Morgan fingerprint density at radius 1 is 1.35 bits per heavy atom. The van der Waals surface area contributed by atoms with E-state index in [0.717, 1.165) is 16.6 Å². The molecule has 3 aromatic rings. The maximum absolute atomic E-state index is 11.6. The van der Waals surface area contributed by atoms with Crippen molar-refractivity contribution in [2.75, 3.05) is 24.3 Å². The average Bonchev–Trinajstić information content (AvgIpc) is 3.17. The van der Waals surface area contributed by atoms with Crippen LogP contribution in [0.4, 0.5) is 17.5 Å². The van der Waals surface area contributed by atoms with Crippen LogP contribution in [0.2, 0.25) is 0 Å². The van der Waals surface area contributed by atoms with Crippen LogP contribution in [0, 0.1) is 0 Å². The first-order valence-electron chi connectivity index (χ1n) is 7.85. The summed E-state index contributed by atoms with van der Waals surface area (Å²) in [5, 5.41) is 6.34. The molecule has 0 saturated heterocycles. The number of aromatic nitrogens is 4. The first-order valence-corrected chi connectivity index (χ1v) is 8.64. The van der Waals surface area contributed by atoms with Gasteiger partial charge in [-0.05, 0) is 34.1 Å². The third-order valence-corrected chi connectivity index (χ3v) is 4.09. The van der Waals surface area contributed by atoms with Gasteiger partial charge in [-0.2, -0.15) is 4.98 Å². The number of nitrogens with one attached hydrogen (secondary N) is 3. The average molecular weight is 417 g/mol. The van der Waals surface area contributed by atoms with E-state index < -0.39 is 5.97 Å². The number of hydrogen-bond donors (Lipinski definition) is 3. The summed E-state index contributed by atoms with van der Waals surface area (Å²) in [4.78, 5) is 27.4. The first-order chi connectivity index (χ1) is 12.7. The molecule has 26 heavy (non-hydrogen) atoms. The van der Waals surface area contributed by atoms with Crippen molar-refractivity contribution in [3.8, 4) is 0 Å². The fourth-order valence-corrected chi connectivity index (χ4v) is 2.59. The summed E-state index contributed by atoms with van der Waals surface area (Å²) in [5.41, 5.74) is 2.12. The van der Waals surface area contributed by atoms with Crippen LogP contribution < -0.4 is 10.6 Å². The van der Waals surface area contributed by atoms with Gasteiger partial charge in [0.1, 0.15) is 5.82 Å². The smallest absolute Gasteiger partial charge is 0.337 e. The predicted molar refractivity (Wildman–Crippen MR) is 102 cm³/mol. The Morgan fingerprint density at radius 3 is 3.00 bits per heavy atom. The Labute approximate surface area is 158 Å². The van der Waals surface area contributed by atoms with Crippen LogP contribution in [-0.2, 0) is 11.2 Å². The topological polar surface area (TPSA) is 105 Å². The minimum Gasteiger partial charge on any atom is -0.465 e. The summed E-state index contributed by atoms with van der Waals surface area (Å²) in [7, 11) is 1.35. The molecule has 0 spiro atoms. The van der Waals surface area contributed by atoms with Gasteiger partial charge < -0.3 is 20.4 Å². The highest BCUT2D eigenvalue weighted by Crippen LogP contribution is 2.22. The molecule has 0 amide bonds. The number of anilines is 3. The lowest BCUT2D eigenvalue weighted by Crippen LogP contribution is -2.09. The molecular weight excluding hydrogens is 400 g/mol. The maximum atomic E-state index is 11.6. The molecule has 134 valence electrons. The van der Waals surface area contributed by atoms with Crippen LogP contribution in [0.25, 0.3) is 0 Å². The summed E-state index contributed by atoms with van der Waals surface area (Å²) >= 11 is 3.44. The molecular formula is C17H17BrN6O2. The van der Waals surface area contributed by atoms with E-state index in [0.29, 0.717) is 29.6 Å². The molecule has 3 rings (SSSR count). The molecule has 0 fully saturated rings. The van der Waals surface area contributed by atoms with Crippen molar-refractivity contribution in [2.24, 2.45) is 0 Å². The molecule has 0 radical (unpaired) electrons. The summed E-state index contributed by atoms with van der Waals surface area (Å²) in [5.74, 6) is 0.686. The van der Waals surface area contributed by atoms with Crippen molar-refractivity contribution >= 4 is 39.4 Å². The number of nitrogens with zero attached hydrogens (tertiary/aromatic N) is 3. The largest absolute Gasteiger partial charge is 0.465 e. The van der Waals surface area contributed by atoms with E-state index in [1.54, 1.807) is 30.7 Å². The monoisotopic (exact) mass is 416 g/mol. The molecule has 0 aliphatic carbocycles. The van der Waals surface area contributed by atoms with E-state index in [9.17, 15) is 4.79 Å². The SMILES string of the molecule is COC(=O)c1cccc(Nc2ncc(Br)c(NCCc3c[nH]cn3)n2)c1. The van der Waals surface area contributed by atoms with Gasteiger partial charge in [0, 0.05) is 31.0 Å². The maximum Gasteiger partial charge on any atom is 0.337 e. The van der Waals surface area contributed by atoms with Gasteiger partial charge in [-0.1, -0.05) is 6.07 Å². The van der Waals surface area contributed by atoms with Gasteiger partial charge in [0.15, 0.2) is 0 Å². The van der Waals surface area contributed by atoms with E-state index in [1.807, 2.05) is 12.3 Å². The van der Waals surface area contributed by atoms with Crippen molar-refractivity contribution < 1.29 is 9.53 Å². The highest BCUT2D eigenvalue weighted by Gasteiger charge is 2.08. The normalized spacial score (nSPS) is 10.4. The van der Waals surface area contributed by atoms with Gasteiger partial charge in [0.2, 0.25) is 5.95 Å². The number of aromatic amines is 1. The number of benzene rings is 1. The predicted octanol–water partition coefficient (Wildman–Crippen LogP) is 3.15. The molecule has 8 nitrogen and oxygen atoms in total. The second kappa shape index (κ2) is 8.43. The van der Waals surface area contributed by atoms with Crippen LogP contribution in [-0.4, -0.2) is 39.6 Å². The molecule has 9 heteroatoms. The zero-order chi connectivity index (χ0) is 18.4. The second-order valence-electron chi connectivity index (χ2n) is 5.32. The van der Waals surface area contributed by atoms with Crippen LogP contribution in [0.15, 0.2) is 47.5 Å². The molecule has 2 aromatic heterocycles. The number of carbonyl (C=O) groups is 1. The third kappa shape index (κ3) is 4.57. The second-order valence-corrected chi connectivity index (χ2v) is 6.18. The molecule has 2 heterocycles. The zero-order valence-electron chi connectivity index (χ0n) is 14.0. The Morgan fingerprint density at radius 2 is 2.23 bits per heavy atom. The van der Waals surface area contributed by atoms with Gasteiger partial charge in [0.25, 0.3) is 0 Å². The first kappa shape index (κ1) is 17.9. The van der Waals surface area contributed by atoms with Crippen LogP contribution in [0.1, 0.15) is 16.1 Å². The van der Waals surface area contributed by atoms with Crippen molar-refractivity contribution in [3.05, 3.63) is 58.7 Å². The van der Waals surface area contributed by atoms with Crippen molar-refractivity contribution in [1.29, 1.82) is 0 Å². The quantitative estimate of drug-likeness (QED) is 0.508. The number of esters is 1. The number of halogens is 1. The van der Waals surface area contributed by atoms with Gasteiger partial charge >= 0.3 is 5.97 Å². The van der Waals surface area contributed by atoms with E-state index in [2.05, 4.69) is 46.5 Å². The van der Waals surface area contributed by atoms with Crippen molar-refractivity contribution in [3.63, 3.8) is 0 Å². The number of carbonyl (C=O) groups excluding carboxylic acids is 1. The number of ether oxygens (including phenoxy) is 1. The van der Waals surface area contributed by atoms with Gasteiger partial charge in [-0.3, -0.25) is 0 Å². The van der Waals surface area contributed by atoms with Crippen molar-refractivity contribution in [1.82, 2.24) is 19.9 Å². The van der Waals surface area contributed by atoms with Crippen LogP contribution in [0.3, 0.4) is 0 Å². The van der Waals surface area contributed by atoms with E-state index in [1.165, 1.54) is 7.11 Å². The molecule has 3 N–H and O–H groups in total. The molecule has 0 saturated carbocycles. The zero-order valence-corrected chi connectivity index (χ0v) is 15.6. The molecule has 0 aliphatic heterocycles. The number of rotatable bonds is 7. The Balaban J connectivity index is 1.68. The minimum atomic E-state index is -0.397. The number of H-pyrrole nitrogens is 1. The van der Waals surface area contributed by atoms with E-state index >= 15 is 0 Å². The number of methoxy groups -OCH3 is 1. The lowest BCUT2D eigenvalue weighted by atomic mass is 10.2. The van der Waals surface area contributed by atoms with Crippen molar-refractivity contribution in [2.45, 2.75) is 6.42 Å². The summed E-state index contributed by atoms with van der Waals surface area (Å²) in [6.07, 6.45) is 5.94. The lowest BCUT2D eigenvalue weighted by Gasteiger charge is -2.10. The Bertz CT molecular complexity index is 885. The minimum absolute atomic E-state index is 0.397. The van der Waals surface area contributed by atoms with E-state index in [-0.39, 0.29) is 0 Å². The summed E-state index contributed by atoms with van der Waals surface area (Å²) in [6, 6.07) is 6.95. The molecule has 0 unspecified atom stereocenters. The fraction of sp³-hybridized carbons (Fsp3) is 0.176. The molecule has 0 atom stereocenters. The highest BCUT2D eigenvalue weighted by molar-refractivity contribution is 9.10. The summed E-state index contributed by atoms with van der Waals surface area (Å²) < 4.78 is 5.49. The van der Waals surface area contributed by atoms with Gasteiger partial charge in [-0.25, -0.2) is 14.8 Å². The number of hydrogen-bond acceptors (Lipinski definition) is 7. The fourth-order valence-electron chi connectivity index (χ4n) is 2.26. The van der Waals surface area contributed by atoms with Gasteiger partial charge in [-0.15, -0.1) is 0 Å². The van der Waals surface area contributed by atoms with Crippen LogP contribution in [0.5, 0.6) is 0 Å².